The second-order valence-corrected chi connectivity index (χ2v) is 5.79. The highest BCUT2D eigenvalue weighted by Crippen LogP contribution is 2.14. The van der Waals surface area contributed by atoms with Crippen molar-refractivity contribution in [1.82, 2.24) is 0 Å². The molecule has 1 aromatic carbocycles. The summed E-state index contributed by atoms with van der Waals surface area (Å²) in [7, 11) is 0. The van der Waals surface area contributed by atoms with Crippen molar-refractivity contribution in [3.63, 3.8) is 0 Å². The molecule has 0 saturated carbocycles. The van der Waals surface area contributed by atoms with Gasteiger partial charge < -0.3 is 9.84 Å². The monoisotopic (exact) mass is 292 g/mol. The van der Waals surface area contributed by atoms with Gasteiger partial charge in [-0.3, -0.25) is 4.79 Å². The minimum atomic E-state index is -0.134. The first-order valence-electron chi connectivity index (χ1n) is 8.05. The van der Waals surface area contributed by atoms with Gasteiger partial charge in [0.05, 0.1) is 0 Å². The third-order valence-corrected chi connectivity index (χ3v) is 3.86. The molecule has 21 heavy (non-hydrogen) atoms. The van der Waals surface area contributed by atoms with Crippen molar-refractivity contribution in [3.05, 3.63) is 29.8 Å². The summed E-state index contributed by atoms with van der Waals surface area (Å²) in [6, 6.07) is 6.72. The highest BCUT2D eigenvalue weighted by Gasteiger charge is 2.04. The molecule has 1 unspecified atom stereocenters. The van der Waals surface area contributed by atoms with Gasteiger partial charge >= 0.3 is 5.97 Å². The summed E-state index contributed by atoms with van der Waals surface area (Å²) in [5.41, 5.74) is 0.898. The third-order valence-electron chi connectivity index (χ3n) is 3.86. The smallest absolute Gasteiger partial charge is 0.306 e. The third kappa shape index (κ3) is 8.38. The Morgan fingerprint density at radius 2 is 1.81 bits per heavy atom. The van der Waals surface area contributed by atoms with Crippen molar-refractivity contribution < 1.29 is 14.6 Å². The molecule has 118 valence electrons. The molecule has 0 aliphatic carbocycles. The first-order valence-corrected chi connectivity index (χ1v) is 8.05. The number of carbonyl (C=O) groups excluding carboxylic acids is 1. The van der Waals surface area contributed by atoms with E-state index in [2.05, 4.69) is 13.8 Å². The molecular formula is C18H28O3. The van der Waals surface area contributed by atoms with Crippen LogP contribution in [0.5, 0.6) is 5.75 Å². The number of phenolic OH excluding ortho intramolecular Hbond substituents is 1. The number of aromatic hydroxyl groups is 1. The van der Waals surface area contributed by atoms with Crippen LogP contribution < -0.4 is 0 Å². The van der Waals surface area contributed by atoms with Gasteiger partial charge in [0.25, 0.3) is 0 Å². The maximum Gasteiger partial charge on any atom is 0.306 e. The zero-order valence-electron chi connectivity index (χ0n) is 13.3. The maximum atomic E-state index is 11.6. The number of rotatable bonds is 10. The van der Waals surface area contributed by atoms with Gasteiger partial charge in [0, 0.05) is 6.42 Å². The minimum Gasteiger partial charge on any atom is -0.508 e. The van der Waals surface area contributed by atoms with Gasteiger partial charge in [-0.05, 0) is 30.0 Å². The van der Waals surface area contributed by atoms with Gasteiger partial charge in [-0.15, -0.1) is 0 Å². The molecule has 0 spiro atoms. The quantitative estimate of drug-likeness (QED) is 0.496. The van der Waals surface area contributed by atoms with E-state index in [0.717, 1.165) is 24.3 Å². The second kappa shape index (κ2) is 10.3. The van der Waals surface area contributed by atoms with E-state index < -0.39 is 0 Å². The summed E-state index contributed by atoms with van der Waals surface area (Å²) in [6.45, 7) is 4.81. The van der Waals surface area contributed by atoms with E-state index in [1.807, 2.05) is 0 Å². The van der Waals surface area contributed by atoms with Gasteiger partial charge in [-0.1, -0.05) is 58.1 Å². The van der Waals surface area contributed by atoms with Crippen LogP contribution in [0.15, 0.2) is 24.3 Å². The highest BCUT2D eigenvalue weighted by atomic mass is 16.5. The molecule has 0 saturated heterocycles. The predicted octanol–water partition coefficient (Wildman–Crippen LogP) is 4.82. The topological polar surface area (TPSA) is 46.5 Å². The van der Waals surface area contributed by atoms with Crippen molar-refractivity contribution in [3.8, 4) is 5.75 Å². The Labute approximate surface area is 128 Å². The number of unbranched alkanes of at least 4 members (excludes halogenated alkanes) is 3. The van der Waals surface area contributed by atoms with Gasteiger partial charge in [0.1, 0.15) is 12.4 Å². The van der Waals surface area contributed by atoms with Crippen LogP contribution in [0, 0.1) is 5.92 Å². The van der Waals surface area contributed by atoms with Gasteiger partial charge in [0.2, 0.25) is 0 Å². The number of ether oxygens (including phenoxy) is 1. The lowest BCUT2D eigenvalue weighted by molar-refractivity contribution is -0.145. The zero-order valence-corrected chi connectivity index (χ0v) is 13.3. The van der Waals surface area contributed by atoms with Crippen molar-refractivity contribution in [1.29, 1.82) is 0 Å². The molecule has 1 N–H and O–H groups in total. The van der Waals surface area contributed by atoms with Crippen LogP contribution in [0.2, 0.25) is 0 Å². The molecule has 0 fully saturated rings. The van der Waals surface area contributed by atoms with E-state index in [9.17, 15) is 4.79 Å². The fourth-order valence-electron chi connectivity index (χ4n) is 2.15. The average molecular weight is 292 g/mol. The molecule has 1 atom stereocenters. The molecule has 3 heteroatoms. The van der Waals surface area contributed by atoms with Crippen LogP contribution in [-0.4, -0.2) is 11.1 Å². The van der Waals surface area contributed by atoms with E-state index in [-0.39, 0.29) is 18.3 Å². The summed E-state index contributed by atoms with van der Waals surface area (Å²) in [5, 5.41) is 9.16. The molecule has 0 bridgehead atoms. The van der Waals surface area contributed by atoms with Crippen LogP contribution >= 0.6 is 0 Å². The van der Waals surface area contributed by atoms with Crippen molar-refractivity contribution >= 4 is 5.97 Å². The fourth-order valence-corrected chi connectivity index (χ4v) is 2.15. The molecule has 3 nitrogen and oxygen atoms in total. The molecule has 0 aliphatic rings. The first kappa shape index (κ1) is 17.5. The van der Waals surface area contributed by atoms with E-state index >= 15 is 0 Å². The number of phenols is 1. The van der Waals surface area contributed by atoms with Crippen molar-refractivity contribution in [2.45, 2.75) is 65.4 Å². The van der Waals surface area contributed by atoms with E-state index in [1.54, 1.807) is 24.3 Å². The van der Waals surface area contributed by atoms with Gasteiger partial charge in [-0.2, -0.15) is 0 Å². The number of hydrogen-bond acceptors (Lipinski definition) is 3. The standard InChI is InChI=1S/C18H28O3/c1-3-15(2)8-6-4-5-7-9-18(20)21-14-16-10-12-17(19)13-11-16/h10-13,15,19H,3-9,14H2,1-2H3. The lowest BCUT2D eigenvalue weighted by Gasteiger charge is -2.07. The Bertz CT molecular complexity index is 397. The lowest BCUT2D eigenvalue weighted by Crippen LogP contribution is -2.04. The summed E-state index contributed by atoms with van der Waals surface area (Å²) < 4.78 is 5.21. The minimum absolute atomic E-state index is 0.134. The molecular weight excluding hydrogens is 264 g/mol. The number of benzene rings is 1. The van der Waals surface area contributed by atoms with Crippen LogP contribution in [0.4, 0.5) is 0 Å². The summed E-state index contributed by atoms with van der Waals surface area (Å²) in [5.74, 6) is 0.910. The first-order chi connectivity index (χ1) is 10.1. The van der Waals surface area contributed by atoms with Crippen LogP contribution in [0.3, 0.4) is 0 Å². The van der Waals surface area contributed by atoms with Crippen molar-refractivity contribution in [2.75, 3.05) is 0 Å². The highest BCUT2D eigenvalue weighted by molar-refractivity contribution is 5.69. The van der Waals surface area contributed by atoms with Crippen LogP contribution in [0.1, 0.15) is 64.4 Å². The molecule has 0 aromatic heterocycles. The normalized spacial score (nSPS) is 12.1. The molecule has 0 radical (unpaired) electrons. The Kier molecular flexibility index (Phi) is 8.56. The number of hydrogen-bond donors (Lipinski definition) is 1. The molecule has 1 rings (SSSR count). The molecule has 0 amide bonds. The SMILES string of the molecule is CCC(C)CCCCCCC(=O)OCc1ccc(O)cc1. The Hall–Kier alpha value is -1.51. The second-order valence-electron chi connectivity index (χ2n) is 5.79. The summed E-state index contributed by atoms with van der Waals surface area (Å²) >= 11 is 0. The Balaban J connectivity index is 2.02. The maximum absolute atomic E-state index is 11.6. The van der Waals surface area contributed by atoms with Gasteiger partial charge in [0.15, 0.2) is 0 Å². The van der Waals surface area contributed by atoms with Crippen LogP contribution in [0.25, 0.3) is 0 Å². The van der Waals surface area contributed by atoms with E-state index in [1.165, 1.54) is 25.7 Å². The molecule has 1 aromatic rings. The zero-order chi connectivity index (χ0) is 15.5. The van der Waals surface area contributed by atoms with Crippen LogP contribution in [-0.2, 0) is 16.1 Å². The Morgan fingerprint density at radius 3 is 2.48 bits per heavy atom. The summed E-state index contributed by atoms with van der Waals surface area (Å²) in [4.78, 5) is 11.6. The predicted molar refractivity (Wildman–Crippen MR) is 85.1 cm³/mol. The lowest BCUT2D eigenvalue weighted by atomic mass is 10.0. The van der Waals surface area contributed by atoms with E-state index in [4.69, 9.17) is 9.84 Å². The Morgan fingerprint density at radius 1 is 1.14 bits per heavy atom. The molecule has 0 heterocycles. The van der Waals surface area contributed by atoms with Crippen molar-refractivity contribution in [2.24, 2.45) is 5.92 Å². The number of carbonyl (C=O) groups is 1. The van der Waals surface area contributed by atoms with E-state index in [0.29, 0.717) is 6.42 Å². The fraction of sp³-hybridized carbons (Fsp3) is 0.611. The van der Waals surface area contributed by atoms with Gasteiger partial charge in [-0.25, -0.2) is 0 Å². The largest absolute Gasteiger partial charge is 0.508 e. The average Bonchev–Trinajstić information content (AvgIpc) is 2.49. The summed E-state index contributed by atoms with van der Waals surface area (Å²) in [6.07, 6.45) is 7.53. The molecule has 0 aliphatic heterocycles. The number of esters is 1.